The molecule has 3 nitrogen and oxygen atoms in total. The fourth-order valence-corrected chi connectivity index (χ4v) is 8.89. The molecule has 12 rings (SSSR count). The highest BCUT2D eigenvalue weighted by atomic mass is 16.3. The maximum Gasteiger partial charge on any atom is 0.137 e. The van der Waals surface area contributed by atoms with Gasteiger partial charge in [-0.05, 0) is 80.8 Å². The number of furan rings is 1. The Balaban J connectivity index is 1.17. The Morgan fingerprint density at radius 3 is 1.51 bits per heavy atom. The molecule has 0 N–H and O–H groups in total. The van der Waals surface area contributed by atoms with Gasteiger partial charge < -0.3 is 13.7 Å². The third-order valence-corrected chi connectivity index (χ3v) is 11.1. The number of rotatable bonds is 3. The van der Waals surface area contributed by atoms with Crippen molar-refractivity contribution in [3.05, 3.63) is 170 Å². The molecular weight excluding hydrogens is 621 g/mol. The summed E-state index contributed by atoms with van der Waals surface area (Å²) in [5.41, 5.74) is 8.72. The maximum absolute atomic E-state index is 6.45. The summed E-state index contributed by atoms with van der Waals surface area (Å²) in [5.74, 6) is 0. The van der Waals surface area contributed by atoms with E-state index >= 15 is 0 Å². The van der Waals surface area contributed by atoms with Gasteiger partial charge in [0.15, 0.2) is 0 Å². The highest BCUT2D eigenvalue weighted by Crippen LogP contribution is 2.45. The molecule has 0 saturated heterocycles. The van der Waals surface area contributed by atoms with Crippen molar-refractivity contribution in [2.75, 3.05) is 4.90 Å². The SMILES string of the molecule is c1ccc2c(c1)oc1cc(N(c3ccc4c5ccccc5c5ccccc5c4c3)c3ccc4c5cccc6c7ccccc7n(c4c3)c65)ccc12. The van der Waals surface area contributed by atoms with Gasteiger partial charge in [-0.3, -0.25) is 0 Å². The monoisotopic (exact) mass is 648 g/mol. The Labute approximate surface area is 292 Å². The molecule has 0 unspecified atom stereocenters. The molecule has 236 valence electrons. The van der Waals surface area contributed by atoms with E-state index in [1.165, 1.54) is 70.4 Å². The summed E-state index contributed by atoms with van der Waals surface area (Å²) >= 11 is 0. The summed E-state index contributed by atoms with van der Waals surface area (Å²) in [4.78, 5) is 2.39. The molecule has 3 heteroatoms. The first kappa shape index (κ1) is 27.0. The number of para-hydroxylation sites is 3. The molecule has 0 aliphatic carbocycles. The topological polar surface area (TPSA) is 20.8 Å². The van der Waals surface area contributed by atoms with Crippen LogP contribution in [0, 0.1) is 0 Å². The standard InChI is InChI=1S/C48H28N2O/c1-2-12-34-32(10-1)33-11-3-4-13-35(33)43-26-29(20-23-36(34)43)49(31-22-25-40-39-15-6-8-19-46(39)51-47(40)28-31)30-21-24-38-42-17-9-16-41-37-14-5-7-18-44(37)50(48(41)42)45(38)27-30/h1-28H. The van der Waals surface area contributed by atoms with Gasteiger partial charge >= 0.3 is 0 Å². The highest BCUT2D eigenvalue weighted by molar-refractivity contribution is 6.26. The van der Waals surface area contributed by atoms with Crippen LogP contribution in [0.2, 0.25) is 0 Å². The molecule has 9 aromatic carbocycles. The lowest BCUT2D eigenvalue weighted by atomic mass is 9.94. The van der Waals surface area contributed by atoms with Gasteiger partial charge in [-0.25, -0.2) is 0 Å². The minimum atomic E-state index is 0.877. The Morgan fingerprint density at radius 2 is 0.784 bits per heavy atom. The number of hydrogen-bond donors (Lipinski definition) is 0. The Hall–Kier alpha value is -6.84. The van der Waals surface area contributed by atoms with Gasteiger partial charge in [0.05, 0.1) is 16.6 Å². The van der Waals surface area contributed by atoms with E-state index in [9.17, 15) is 0 Å². The third-order valence-electron chi connectivity index (χ3n) is 11.1. The van der Waals surface area contributed by atoms with Crippen LogP contribution in [0.5, 0.6) is 0 Å². The lowest BCUT2D eigenvalue weighted by Gasteiger charge is -2.26. The zero-order valence-electron chi connectivity index (χ0n) is 27.5. The van der Waals surface area contributed by atoms with E-state index in [0.29, 0.717) is 0 Å². The molecule has 0 fully saturated rings. The molecule has 3 heterocycles. The zero-order valence-corrected chi connectivity index (χ0v) is 27.5. The number of benzene rings is 9. The van der Waals surface area contributed by atoms with Crippen LogP contribution >= 0.6 is 0 Å². The molecule has 0 radical (unpaired) electrons. The number of aromatic nitrogens is 1. The van der Waals surface area contributed by atoms with Crippen molar-refractivity contribution in [1.29, 1.82) is 0 Å². The van der Waals surface area contributed by atoms with Crippen LogP contribution in [-0.4, -0.2) is 4.40 Å². The first-order chi connectivity index (χ1) is 25.3. The second kappa shape index (κ2) is 9.87. The Kier molecular flexibility index (Phi) is 5.23. The van der Waals surface area contributed by atoms with Gasteiger partial charge in [0.25, 0.3) is 0 Å². The Bertz CT molecular complexity index is 3350. The van der Waals surface area contributed by atoms with E-state index in [1.54, 1.807) is 0 Å². The minimum absolute atomic E-state index is 0.877. The molecule has 0 bridgehead atoms. The minimum Gasteiger partial charge on any atom is -0.456 e. The molecular formula is C48H28N2O. The largest absolute Gasteiger partial charge is 0.456 e. The van der Waals surface area contributed by atoms with Crippen LogP contribution in [0.25, 0.3) is 92.4 Å². The van der Waals surface area contributed by atoms with Crippen LogP contribution < -0.4 is 4.90 Å². The number of fused-ring (bicyclic) bond motifs is 15. The summed E-state index contributed by atoms with van der Waals surface area (Å²) in [5, 5.41) is 14.9. The van der Waals surface area contributed by atoms with Crippen molar-refractivity contribution >= 4 is 109 Å². The van der Waals surface area contributed by atoms with Crippen LogP contribution in [0.15, 0.2) is 174 Å². The molecule has 0 aliphatic rings. The van der Waals surface area contributed by atoms with Gasteiger partial charge in [0.1, 0.15) is 11.2 Å². The van der Waals surface area contributed by atoms with Gasteiger partial charge in [0, 0.05) is 55.4 Å². The predicted octanol–water partition coefficient (Wildman–Crippen LogP) is 13.7. The first-order valence-corrected chi connectivity index (χ1v) is 17.5. The molecule has 0 spiro atoms. The van der Waals surface area contributed by atoms with Crippen molar-refractivity contribution in [2.24, 2.45) is 0 Å². The molecule has 12 aromatic rings. The second-order valence-corrected chi connectivity index (χ2v) is 13.7. The van der Waals surface area contributed by atoms with Gasteiger partial charge in [0.2, 0.25) is 0 Å². The molecule has 0 atom stereocenters. The number of anilines is 3. The van der Waals surface area contributed by atoms with Crippen molar-refractivity contribution in [2.45, 2.75) is 0 Å². The average molecular weight is 649 g/mol. The smallest absolute Gasteiger partial charge is 0.137 e. The normalized spacial score (nSPS) is 12.3. The van der Waals surface area contributed by atoms with Gasteiger partial charge in [-0.1, -0.05) is 115 Å². The van der Waals surface area contributed by atoms with Crippen molar-refractivity contribution in [1.82, 2.24) is 4.40 Å². The van der Waals surface area contributed by atoms with Gasteiger partial charge in [-0.2, -0.15) is 0 Å². The predicted molar refractivity (Wildman–Crippen MR) is 216 cm³/mol. The Morgan fingerprint density at radius 1 is 0.314 bits per heavy atom. The second-order valence-electron chi connectivity index (χ2n) is 13.7. The first-order valence-electron chi connectivity index (χ1n) is 17.5. The number of nitrogens with zero attached hydrogens (tertiary/aromatic N) is 2. The quantitative estimate of drug-likeness (QED) is 0.178. The van der Waals surface area contributed by atoms with Gasteiger partial charge in [-0.15, -0.1) is 0 Å². The zero-order chi connectivity index (χ0) is 33.2. The van der Waals surface area contributed by atoms with Crippen LogP contribution in [-0.2, 0) is 0 Å². The van der Waals surface area contributed by atoms with E-state index in [-0.39, 0.29) is 0 Å². The lowest BCUT2D eigenvalue weighted by molar-refractivity contribution is 0.669. The molecule has 3 aromatic heterocycles. The van der Waals surface area contributed by atoms with E-state index in [2.05, 4.69) is 167 Å². The van der Waals surface area contributed by atoms with Crippen LogP contribution in [0.4, 0.5) is 17.1 Å². The van der Waals surface area contributed by atoms with E-state index in [1.807, 2.05) is 12.1 Å². The molecule has 0 saturated carbocycles. The average Bonchev–Trinajstić information content (AvgIpc) is 3.85. The summed E-state index contributed by atoms with van der Waals surface area (Å²) in [6.45, 7) is 0. The lowest BCUT2D eigenvalue weighted by Crippen LogP contribution is -2.10. The fraction of sp³-hybridized carbons (Fsp3) is 0. The van der Waals surface area contributed by atoms with Crippen LogP contribution in [0.1, 0.15) is 0 Å². The fourth-order valence-electron chi connectivity index (χ4n) is 8.89. The summed E-state index contributed by atoms with van der Waals surface area (Å²) in [6.07, 6.45) is 0. The van der Waals surface area contributed by atoms with Crippen molar-refractivity contribution < 1.29 is 4.42 Å². The third kappa shape index (κ3) is 3.62. The van der Waals surface area contributed by atoms with E-state index in [0.717, 1.165) is 39.0 Å². The highest BCUT2D eigenvalue weighted by Gasteiger charge is 2.21. The van der Waals surface area contributed by atoms with Crippen molar-refractivity contribution in [3.8, 4) is 0 Å². The van der Waals surface area contributed by atoms with E-state index in [4.69, 9.17) is 4.42 Å². The molecule has 0 amide bonds. The van der Waals surface area contributed by atoms with Crippen molar-refractivity contribution in [3.63, 3.8) is 0 Å². The number of hydrogen-bond acceptors (Lipinski definition) is 2. The molecule has 51 heavy (non-hydrogen) atoms. The summed E-state index contributed by atoms with van der Waals surface area (Å²) in [6, 6.07) is 61.9. The maximum atomic E-state index is 6.45. The van der Waals surface area contributed by atoms with E-state index < -0.39 is 0 Å². The van der Waals surface area contributed by atoms with Crippen LogP contribution in [0.3, 0.4) is 0 Å². The summed E-state index contributed by atoms with van der Waals surface area (Å²) in [7, 11) is 0. The molecule has 0 aliphatic heterocycles. The summed E-state index contributed by atoms with van der Waals surface area (Å²) < 4.78 is 8.91.